The van der Waals surface area contributed by atoms with Gasteiger partial charge in [0, 0.05) is 6.42 Å². The summed E-state index contributed by atoms with van der Waals surface area (Å²) < 4.78 is 0. The Kier molecular flexibility index (Phi) is 10.7. The number of carboxylic acid groups (broad SMARTS) is 1. The molecule has 5 N–H and O–H groups in total. The van der Waals surface area contributed by atoms with Crippen LogP contribution in [0.3, 0.4) is 0 Å². The maximum Gasteiger partial charge on any atom is 0.325 e. The normalized spacial score (nSPS) is 13.9. The molecule has 10 nitrogen and oxygen atoms in total. The Balaban J connectivity index is 2.46. The van der Waals surface area contributed by atoms with E-state index in [9.17, 15) is 29.4 Å². The Morgan fingerprint density at radius 2 is 1.53 bits per heavy atom. The van der Waals surface area contributed by atoms with Gasteiger partial charge in [-0.05, 0) is 24.5 Å². The van der Waals surface area contributed by atoms with Crippen molar-refractivity contribution in [2.45, 2.75) is 56.8 Å². The second-order valence-electron chi connectivity index (χ2n) is 8.39. The molecule has 2 aromatic rings. The second kappa shape index (κ2) is 13.7. The average molecular weight is 495 g/mol. The molecule has 190 valence electrons. The molecule has 36 heavy (non-hydrogen) atoms. The molecule has 0 saturated carbocycles. The first-order valence-electron chi connectivity index (χ1n) is 11.4. The minimum absolute atomic E-state index is 0.0788. The van der Waals surface area contributed by atoms with Crippen LogP contribution in [0, 0.1) is 11.3 Å². The summed E-state index contributed by atoms with van der Waals surface area (Å²) in [6.45, 7) is 1.26. The third-order valence-electron chi connectivity index (χ3n) is 5.47. The number of aliphatic hydroxyl groups is 1. The van der Waals surface area contributed by atoms with Crippen molar-refractivity contribution in [2.75, 3.05) is 0 Å². The van der Waals surface area contributed by atoms with Gasteiger partial charge in [0.2, 0.25) is 17.7 Å². The standard InChI is InChI=1S/C26H30N4O6/c1-17(26(35)36)29-24(33)22(15-19-10-6-3-7-11-19)30(23(32)16-20(31)12-13-27)25(34)21(28)14-18-8-4-2-5-9-18/h2-11,17,20-22,31H,12,14-16,28H2,1H3,(H,29,33)(H,35,36)/t17-,20+,21+,22-/m0/s1. The smallest absolute Gasteiger partial charge is 0.325 e. The first kappa shape index (κ1) is 28.2. The van der Waals surface area contributed by atoms with Crippen LogP contribution < -0.4 is 11.1 Å². The number of hydrogen-bond donors (Lipinski definition) is 4. The molecule has 10 heteroatoms. The number of nitrogens with one attached hydrogen (secondary N) is 1. The van der Waals surface area contributed by atoms with E-state index in [0.717, 1.165) is 5.56 Å². The lowest BCUT2D eigenvalue weighted by Gasteiger charge is -2.32. The van der Waals surface area contributed by atoms with Crippen LogP contribution in [-0.2, 0) is 32.0 Å². The summed E-state index contributed by atoms with van der Waals surface area (Å²) in [6, 6.07) is 15.3. The Bertz CT molecular complexity index is 1090. The van der Waals surface area contributed by atoms with E-state index < -0.39 is 54.3 Å². The van der Waals surface area contributed by atoms with Crippen LogP contribution in [0.2, 0.25) is 0 Å². The van der Waals surface area contributed by atoms with Gasteiger partial charge in [-0.15, -0.1) is 0 Å². The van der Waals surface area contributed by atoms with Gasteiger partial charge in [-0.2, -0.15) is 5.26 Å². The Hall–Kier alpha value is -4.07. The van der Waals surface area contributed by atoms with Crippen LogP contribution in [0.4, 0.5) is 0 Å². The highest BCUT2D eigenvalue weighted by molar-refractivity contribution is 6.03. The Labute approximate surface area is 209 Å². The lowest BCUT2D eigenvalue weighted by atomic mass is 9.99. The van der Waals surface area contributed by atoms with Crippen molar-refractivity contribution in [3.05, 3.63) is 71.8 Å². The van der Waals surface area contributed by atoms with Gasteiger partial charge in [0.15, 0.2) is 0 Å². The number of carbonyl (C=O) groups excluding carboxylic acids is 3. The molecule has 0 unspecified atom stereocenters. The van der Waals surface area contributed by atoms with Crippen molar-refractivity contribution in [3.63, 3.8) is 0 Å². The maximum atomic E-state index is 13.5. The number of nitrogens with two attached hydrogens (primary N) is 1. The molecule has 0 aliphatic rings. The third kappa shape index (κ3) is 8.30. The van der Waals surface area contributed by atoms with E-state index in [4.69, 9.17) is 11.0 Å². The number of amides is 3. The molecule has 0 fully saturated rings. The predicted octanol–water partition coefficient (Wildman–Crippen LogP) is 0.777. The molecule has 0 bridgehead atoms. The zero-order valence-corrected chi connectivity index (χ0v) is 19.9. The first-order valence-corrected chi connectivity index (χ1v) is 11.4. The summed E-state index contributed by atoms with van der Waals surface area (Å²) in [6.07, 6.45) is -2.33. The highest BCUT2D eigenvalue weighted by Gasteiger charge is 2.38. The van der Waals surface area contributed by atoms with E-state index in [1.165, 1.54) is 6.92 Å². The Morgan fingerprint density at radius 3 is 2.03 bits per heavy atom. The molecule has 0 heterocycles. The van der Waals surface area contributed by atoms with E-state index in [-0.39, 0.29) is 19.3 Å². The molecule has 0 saturated heterocycles. The Morgan fingerprint density at radius 1 is 1.00 bits per heavy atom. The van der Waals surface area contributed by atoms with Crippen LogP contribution >= 0.6 is 0 Å². The van der Waals surface area contributed by atoms with E-state index in [1.807, 2.05) is 0 Å². The van der Waals surface area contributed by atoms with Gasteiger partial charge < -0.3 is 21.3 Å². The highest BCUT2D eigenvalue weighted by atomic mass is 16.4. The minimum atomic E-state index is -1.44. The van der Waals surface area contributed by atoms with Gasteiger partial charge in [0.1, 0.15) is 12.1 Å². The molecule has 4 atom stereocenters. The summed E-state index contributed by atoms with van der Waals surface area (Å²) in [5.74, 6) is -3.91. The molecule has 3 amide bonds. The molecular weight excluding hydrogens is 464 g/mol. The van der Waals surface area contributed by atoms with E-state index >= 15 is 0 Å². The zero-order valence-electron chi connectivity index (χ0n) is 19.9. The van der Waals surface area contributed by atoms with Gasteiger partial charge >= 0.3 is 5.97 Å². The molecule has 0 aliphatic heterocycles. The van der Waals surface area contributed by atoms with Crippen LogP contribution in [0.1, 0.15) is 30.9 Å². The number of nitriles is 1. The molecule has 0 radical (unpaired) electrons. The quantitative estimate of drug-likeness (QED) is 0.335. The molecular formula is C26H30N4O6. The van der Waals surface area contributed by atoms with Gasteiger partial charge in [-0.3, -0.25) is 24.1 Å². The molecule has 2 rings (SSSR count). The van der Waals surface area contributed by atoms with E-state index in [1.54, 1.807) is 66.7 Å². The van der Waals surface area contributed by atoms with Crippen molar-refractivity contribution in [1.82, 2.24) is 10.2 Å². The zero-order chi connectivity index (χ0) is 26.7. The van der Waals surface area contributed by atoms with Crippen LogP contribution in [0.5, 0.6) is 0 Å². The SMILES string of the molecule is C[C@H](NC(=O)[C@H](Cc1ccccc1)N(C(=O)C[C@H](O)CC#N)C(=O)[C@H](N)Cc1ccccc1)C(=O)O. The number of aliphatic hydroxyl groups excluding tert-OH is 1. The summed E-state index contributed by atoms with van der Waals surface area (Å²) in [4.78, 5) is 52.1. The molecule has 2 aromatic carbocycles. The van der Waals surface area contributed by atoms with E-state index in [0.29, 0.717) is 10.5 Å². The van der Waals surface area contributed by atoms with Crippen molar-refractivity contribution in [1.29, 1.82) is 5.26 Å². The minimum Gasteiger partial charge on any atom is -0.480 e. The van der Waals surface area contributed by atoms with Gasteiger partial charge in [-0.1, -0.05) is 60.7 Å². The fraction of sp³-hybridized carbons (Fsp3) is 0.346. The number of hydrogen-bond acceptors (Lipinski definition) is 7. The number of benzene rings is 2. The fourth-order valence-corrected chi connectivity index (χ4v) is 3.57. The van der Waals surface area contributed by atoms with Gasteiger partial charge in [0.05, 0.1) is 31.1 Å². The average Bonchev–Trinajstić information content (AvgIpc) is 2.84. The molecule has 0 aromatic heterocycles. The fourth-order valence-electron chi connectivity index (χ4n) is 3.57. The monoisotopic (exact) mass is 494 g/mol. The van der Waals surface area contributed by atoms with Crippen LogP contribution in [0.25, 0.3) is 0 Å². The topological polar surface area (TPSA) is 174 Å². The van der Waals surface area contributed by atoms with Crippen molar-refractivity contribution in [3.8, 4) is 6.07 Å². The van der Waals surface area contributed by atoms with Crippen molar-refractivity contribution >= 4 is 23.7 Å². The summed E-state index contributed by atoms with van der Waals surface area (Å²) in [7, 11) is 0. The van der Waals surface area contributed by atoms with Crippen molar-refractivity contribution in [2.24, 2.45) is 5.73 Å². The maximum absolute atomic E-state index is 13.5. The summed E-state index contributed by atoms with van der Waals surface area (Å²) >= 11 is 0. The molecule has 0 aliphatic carbocycles. The number of rotatable bonds is 12. The number of imide groups is 1. The largest absolute Gasteiger partial charge is 0.480 e. The lowest BCUT2D eigenvalue weighted by Crippen LogP contribution is -2.59. The number of aliphatic carboxylic acids is 1. The molecule has 0 spiro atoms. The first-order chi connectivity index (χ1) is 17.1. The van der Waals surface area contributed by atoms with Gasteiger partial charge in [0.25, 0.3) is 0 Å². The number of carboxylic acids is 1. The highest BCUT2D eigenvalue weighted by Crippen LogP contribution is 2.16. The van der Waals surface area contributed by atoms with E-state index in [2.05, 4.69) is 5.32 Å². The van der Waals surface area contributed by atoms with Crippen LogP contribution in [-0.4, -0.2) is 63.0 Å². The summed E-state index contributed by atoms with van der Waals surface area (Å²) in [5, 5.41) is 30.5. The second-order valence-corrected chi connectivity index (χ2v) is 8.39. The number of nitrogens with zero attached hydrogens (tertiary/aromatic N) is 2. The summed E-state index contributed by atoms with van der Waals surface area (Å²) in [5.41, 5.74) is 7.52. The van der Waals surface area contributed by atoms with Crippen LogP contribution in [0.15, 0.2) is 60.7 Å². The van der Waals surface area contributed by atoms with Crippen molar-refractivity contribution < 1.29 is 29.4 Å². The predicted molar refractivity (Wildman–Crippen MR) is 130 cm³/mol. The lowest BCUT2D eigenvalue weighted by molar-refractivity contribution is -0.154. The third-order valence-corrected chi connectivity index (χ3v) is 5.47. The van der Waals surface area contributed by atoms with Gasteiger partial charge in [-0.25, -0.2) is 0 Å². The number of carbonyl (C=O) groups is 4.